The van der Waals surface area contributed by atoms with Crippen LogP contribution in [-0.2, 0) is 11.2 Å². The molecule has 0 spiro atoms. The molecule has 3 nitrogen and oxygen atoms in total. The fourth-order valence-corrected chi connectivity index (χ4v) is 5.86. The molecule has 1 saturated carbocycles. The predicted octanol–water partition coefficient (Wildman–Crippen LogP) is 4.70. The first-order valence-corrected chi connectivity index (χ1v) is 11.1. The van der Waals surface area contributed by atoms with Crippen LogP contribution in [0.2, 0.25) is 0 Å². The molecule has 4 rings (SSSR count). The maximum absolute atomic E-state index is 13.3. The van der Waals surface area contributed by atoms with Crippen molar-refractivity contribution in [1.29, 1.82) is 0 Å². The highest BCUT2D eigenvalue weighted by Gasteiger charge is 2.36. The number of rotatable bonds is 5. The highest BCUT2D eigenvalue weighted by Crippen LogP contribution is 2.31. The van der Waals surface area contributed by atoms with Crippen molar-refractivity contribution < 1.29 is 4.79 Å². The summed E-state index contributed by atoms with van der Waals surface area (Å²) >= 11 is 1.76. The van der Waals surface area contributed by atoms with Crippen LogP contribution in [0.3, 0.4) is 0 Å². The van der Waals surface area contributed by atoms with Crippen LogP contribution in [0.15, 0.2) is 29.6 Å². The minimum Gasteiger partial charge on any atom is -0.338 e. The van der Waals surface area contributed by atoms with E-state index in [0.29, 0.717) is 24.4 Å². The van der Waals surface area contributed by atoms with Crippen LogP contribution in [0.4, 0.5) is 0 Å². The highest BCUT2D eigenvalue weighted by molar-refractivity contribution is 7.17. The van der Waals surface area contributed by atoms with Crippen molar-refractivity contribution in [3.63, 3.8) is 0 Å². The van der Waals surface area contributed by atoms with Crippen LogP contribution in [0.5, 0.6) is 0 Å². The number of thiophene rings is 1. The first-order chi connectivity index (χ1) is 12.8. The molecule has 1 aliphatic heterocycles. The fraction of sp³-hybridized carbons (Fsp3) is 0.591. The molecule has 1 amide bonds. The summed E-state index contributed by atoms with van der Waals surface area (Å²) in [5, 5.41) is 3.38. The van der Waals surface area contributed by atoms with Gasteiger partial charge in [0.25, 0.3) is 0 Å². The first-order valence-electron chi connectivity index (χ1n) is 10.3. The van der Waals surface area contributed by atoms with E-state index in [1.54, 1.807) is 11.3 Å². The minimum atomic E-state index is 0.308. The van der Waals surface area contributed by atoms with Gasteiger partial charge in [0.2, 0.25) is 5.91 Å². The Kier molecular flexibility index (Phi) is 5.60. The van der Waals surface area contributed by atoms with E-state index in [1.165, 1.54) is 67.3 Å². The maximum Gasteiger partial charge on any atom is 0.227 e. The smallest absolute Gasteiger partial charge is 0.227 e. The number of benzene rings is 1. The molecule has 1 aliphatic carbocycles. The van der Waals surface area contributed by atoms with E-state index in [2.05, 4.69) is 46.4 Å². The van der Waals surface area contributed by atoms with Gasteiger partial charge in [-0.3, -0.25) is 9.69 Å². The number of likely N-dealkylation sites (N-methyl/N-ethyl adjacent to an activating group) is 1. The standard InChI is InChI=1S/C22H30N2OS/c1-2-24(20-10-4-3-9-19(20)23-13-5-6-14-23)22(25)16-17-8-7-11-21-18(17)12-15-26-21/h7-8,11-12,15,19-20H,2-6,9-10,13-14,16H2,1H3. The van der Waals surface area contributed by atoms with E-state index in [1.807, 2.05) is 0 Å². The van der Waals surface area contributed by atoms with E-state index in [0.717, 1.165) is 6.54 Å². The molecule has 0 N–H and O–H groups in total. The summed E-state index contributed by atoms with van der Waals surface area (Å²) in [4.78, 5) is 18.1. The lowest BCUT2D eigenvalue weighted by Gasteiger charge is -2.43. The summed E-state index contributed by atoms with van der Waals surface area (Å²) in [7, 11) is 0. The topological polar surface area (TPSA) is 23.6 Å². The molecule has 1 aromatic carbocycles. The Bertz CT molecular complexity index is 749. The van der Waals surface area contributed by atoms with Crippen molar-refractivity contribution in [2.24, 2.45) is 0 Å². The van der Waals surface area contributed by atoms with E-state index in [-0.39, 0.29) is 0 Å². The summed E-state index contributed by atoms with van der Waals surface area (Å²) in [5.74, 6) is 0.308. The molecule has 2 atom stereocenters. The molecule has 26 heavy (non-hydrogen) atoms. The Morgan fingerprint density at radius 1 is 1.15 bits per heavy atom. The number of hydrogen-bond acceptors (Lipinski definition) is 3. The molecular weight excluding hydrogens is 340 g/mol. The molecule has 0 bridgehead atoms. The molecule has 2 heterocycles. The lowest BCUT2D eigenvalue weighted by molar-refractivity contribution is -0.134. The third kappa shape index (κ3) is 3.54. The number of fused-ring (bicyclic) bond motifs is 1. The predicted molar refractivity (Wildman–Crippen MR) is 110 cm³/mol. The number of nitrogens with zero attached hydrogens (tertiary/aromatic N) is 2. The number of carbonyl (C=O) groups excluding carboxylic acids is 1. The zero-order valence-corrected chi connectivity index (χ0v) is 16.6. The van der Waals surface area contributed by atoms with Crippen LogP contribution < -0.4 is 0 Å². The molecule has 2 aliphatic rings. The third-order valence-electron chi connectivity index (χ3n) is 6.29. The quantitative estimate of drug-likeness (QED) is 0.762. The van der Waals surface area contributed by atoms with Gasteiger partial charge >= 0.3 is 0 Å². The monoisotopic (exact) mass is 370 g/mol. The van der Waals surface area contributed by atoms with Crippen molar-refractivity contribution in [3.8, 4) is 0 Å². The summed E-state index contributed by atoms with van der Waals surface area (Å²) in [6.45, 7) is 5.43. The Morgan fingerprint density at radius 2 is 1.96 bits per heavy atom. The lowest BCUT2D eigenvalue weighted by Crippen LogP contribution is -2.54. The molecule has 2 unspecified atom stereocenters. The molecule has 2 aromatic rings. The summed E-state index contributed by atoms with van der Waals surface area (Å²) in [5.41, 5.74) is 1.18. The Labute approximate surface area is 161 Å². The lowest BCUT2D eigenvalue weighted by atomic mass is 9.87. The maximum atomic E-state index is 13.3. The van der Waals surface area contributed by atoms with Gasteiger partial charge in [-0.1, -0.05) is 25.0 Å². The Balaban J connectivity index is 1.53. The SMILES string of the molecule is CCN(C(=O)Cc1cccc2sccc12)C1CCCCC1N1CCCC1. The van der Waals surface area contributed by atoms with E-state index in [4.69, 9.17) is 0 Å². The average molecular weight is 371 g/mol. The molecule has 0 radical (unpaired) electrons. The van der Waals surface area contributed by atoms with Gasteiger partial charge < -0.3 is 4.90 Å². The second kappa shape index (κ2) is 8.10. The van der Waals surface area contributed by atoms with Gasteiger partial charge in [-0.25, -0.2) is 0 Å². The van der Waals surface area contributed by atoms with Crippen molar-refractivity contribution in [2.75, 3.05) is 19.6 Å². The van der Waals surface area contributed by atoms with Crippen LogP contribution in [-0.4, -0.2) is 47.4 Å². The fourth-order valence-electron chi connectivity index (χ4n) is 5.03. The Morgan fingerprint density at radius 3 is 2.77 bits per heavy atom. The normalized spacial score (nSPS) is 24.2. The zero-order chi connectivity index (χ0) is 17.9. The second-order valence-corrected chi connectivity index (χ2v) is 8.72. The van der Waals surface area contributed by atoms with E-state index in [9.17, 15) is 4.79 Å². The summed E-state index contributed by atoms with van der Waals surface area (Å²) in [6, 6.07) is 9.50. The number of likely N-dealkylation sites (tertiary alicyclic amines) is 1. The van der Waals surface area contributed by atoms with E-state index >= 15 is 0 Å². The van der Waals surface area contributed by atoms with Crippen LogP contribution >= 0.6 is 11.3 Å². The number of carbonyl (C=O) groups is 1. The van der Waals surface area contributed by atoms with Crippen molar-refractivity contribution >= 4 is 27.3 Å². The molecule has 140 valence electrons. The van der Waals surface area contributed by atoms with Gasteiger partial charge in [-0.2, -0.15) is 0 Å². The number of hydrogen-bond donors (Lipinski definition) is 0. The zero-order valence-electron chi connectivity index (χ0n) is 15.8. The van der Waals surface area contributed by atoms with Crippen LogP contribution in [0.1, 0.15) is 51.0 Å². The van der Waals surface area contributed by atoms with E-state index < -0.39 is 0 Å². The average Bonchev–Trinajstić information content (AvgIpc) is 3.35. The third-order valence-corrected chi connectivity index (χ3v) is 7.17. The Hall–Kier alpha value is -1.39. The largest absolute Gasteiger partial charge is 0.338 e. The van der Waals surface area contributed by atoms with Gasteiger partial charge in [-0.15, -0.1) is 11.3 Å². The van der Waals surface area contributed by atoms with Crippen LogP contribution in [0, 0.1) is 0 Å². The van der Waals surface area contributed by atoms with Gasteiger partial charge in [-0.05, 0) is 74.2 Å². The molecule has 2 fully saturated rings. The van der Waals surface area contributed by atoms with Gasteiger partial charge in [0.05, 0.1) is 6.42 Å². The molecule has 1 saturated heterocycles. The van der Waals surface area contributed by atoms with Gasteiger partial charge in [0.1, 0.15) is 0 Å². The van der Waals surface area contributed by atoms with Crippen molar-refractivity contribution in [1.82, 2.24) is 9.80 Å². The van der Waals surface area contributed by atoms with Crippen LogP contribution in [0.25, 0.3) is 10.1 Å². The molecule has 1 aromatic heterocycles. The van der Waals surface area contributed by atoms with Gasteiger partial charge in [0.15, 0.2) is 0 Å². The first kappa shape index (κ1) is 18.0. The highest BCUT2D eigenvalue weighted by atomic mass is 32.1. The summed E-state index contributed by atoms with van der Waals surface area (Å²) in [6.07, 6.45) is 8.19. The molecule has 4 heteroatoms. The molecular formula is C22H30N2OS. The number of amides is 1. The second-order valence-electron chi connectivity index (χ2n) is 7.77. The van der Waals surface area contributed by atoms with Crippen molar-refractivity contribution in [2.45, 2.75) is 64.0 Å². The summed E-state index contributed by atoms with van der Waals surface area (Å²) < 4.78 is 1.28. The van der Waals surface area contributed by atoms with Gasteiger partial charge in [0, 0.05) is 23.3 Å². The minimum absolute atomic E-state index is 0.308. The van der Waals surface area contributed by atoms with Crippen molar-refractivity contribution in [3.05, 3.63) is 35.2 Å².